The molecule has 19 heavy (non-hydrogen) atoms. The molecule has 1 N–H and O–H groups in total. The maximum absolute atomic E-state index is 6.22. The second-order valence-corrected chi connectivity index (χ2v) is 7.96. The molecule has 0 aliphatic carbocycles. The molecule has 1 aromatic rings. The Balaban J connectivity index is 1.95. The predicted octanol–water partition coefficient (Wildman–Crippen LogP) is 4.97. The summed E-state index contributed by atoms with van der Waals surface area (Å²) < 4.78 is 0. The van der Waals surface area contributed by atoms with Crippen molar-refractivity contribution >= 4 is 34.2 Å². The highest BCUT2D eigenvalue weighted by Gasteiger charge is 2.25. The van der Waals surface area contributed by atoms with Crippen molar-refractivity contribution in [3.05, 3.63) is 28.8 Å². The topological polar surface area (TPSA) is 24.4 Å². The Labute approximate surface area is 125 Å². The number of benzene rings is 1. The number of thioether (sulfide) groups is 1. The highest BCUT2D eigenvalue weighted by Crippen LogP contribution is 2.33. The van der Waals surface area contributed by atoms with E-state index < -0.39 is 0 Å². The Morgan fingerprint density at radius 3 is 2.79 bits per heavy atom. The van der Waals surface area contributed by atoms with E-state index in [0.29, 0.717) is 10.7 Å². The van der Waals surface area contributed by atoms with Crippen LogP contribution in [0.25, 0.3) is 0 Å². The highest BCUT2D eigenvalue weighted by atomic mass is 35.5. The van der Waals surface area contributed by atoms with Crippen LogP contribution in [-0.2, 0) is 0 Å². The molecule has 1 unspecified atom stereocenters. The number of hydrogen-bond acceptors (Lipinski definition) is 3. The van der Waals surface area contributed by atoms with Crippen molar-refractivity contribution in [2.75, 3.05) is 11.9 Å². The first-order valence-electron chi connectivity index (χ1n) is 6.58. The zero-order chi connectivity index (χ0) is 14.0. The number of amidine groups is 1. The third-order valence-corrected chi connectivity index (χ3v) is 4.34. The number of rotatable bonds is 2. The molecule has 0 saturated carbocycles. The summed E-state index contributed by atoms with van der Waals surface area (Å²) >= 11 is 8.05. The second-order valence-electron chi connectivity index (χ2n) is 6.26. The van der Waals surface area contributed by atoms with Crippen molar-refractivity contribution in [1.29, 1.82) is 0 Å². The first kappa shape index (κ1) is 14.7. The molecule has 4 heteroatoms. The van der Waals surface area contributed by atoms with Gasteiger partial charge in [-0.05, 0) is 36.5 Å². The Hall–Kier alpha value is -0.670. The summed E-state index contributed by atoms with van der Waals surface area (Å²) in [7, 11) is 0. The summed E-state index contributed by atoms with van der Waals surface area (Å²) in [5, 5.41) is 5.65. The van der Waals surface area contributed by atoms with Gasteiger partial charge in [-0.3, -0.25) is 4.99 Å². The molecule has 104 valence electrons. The summed E-state index contributed by atoms with van der Waals surface area (Å²) in [4.78, 5) is 4.57. The number of anilines is 1. The van der Waals surface area contributed by atoms with Gasteiger partial charge in [-0.15, -0.1) is 0 Å². The van der Waals surface area contributed by atoms with E-state index in [1.54, 1.807) is 0 Å². The van der Waals surface area contributed by atoms with Crippen LogP contribution < -0.4 is 5.32 Å². The van der Waals surface area contributed by atoms with Crippen LogP contribution >= 0.6 is 23.4 Å². The molecule has 1 atom stereocenters. The quantitative estimate of drug-likeness (QED) is 0.833. The first-order valence-corrected chi connectivity index (χ1v) is 7.83. The summed E-state index contributed by atoms with van der Waals surface area (Å²) in [5.74, 6) is 0. The molecule has 0 fully saturated rings. The third kappa shape index (κ3) is 4.43. The fourth-order valence-electron chi connectivity index (χ4n) is 2.11. The summed E-state index contributed by atoms with van der Waals surface area (Å²) in [6.07, 6.45) is 1.17. The summed E-state index contributed by atoms with van der Waals surface area (Å²) in [6.45, 7) is 9.76. The lowest BCUT2D eigenvalue weighted by atomic mass is 9.90. The SMILES string of the molecule is Cc1ccc(NC2=NCC(CC(C)(C)C)S2)c(Cl)c1. The molecule has 0 amide bonds. The Bertz CT molecular complexity index is 491. The van der Waals surface area contributed by atoms with Gasteiger partial charge in [0.2, 0.25) is 0 Å². The van der Waals surface area contributed by atoms with E-state index in [-0.39, 0.29) is 0 Å². The average Bonchev–Trinajstić information content (AvgIpc) is 2.67. The molecule has 1 aromatic carbocycles. The van der Waals surface area contributed by atoms with Crippen LogP contribution in [0.15, 0.2) is 23.2 Å². The van der Waals surface area contributed by atoms with Gasteiger partial charge in [-0.2, -0.15) is 0 Å². The Morgan fingerprint density at radius 1 is 1.42 bits per heavy atom. The molecule has 0 aromatic heterocycles. The third-order valence-electron chi connectivity index (χ3n) is 2.92. The monoisotopic (exact) mass is 296 g/mol. The van der Waals surface area contributed by atoms with Crippen molar-refractivity contribution in [1.82, 2.24) is 0 Å². The van der Waals surface area contributed by atoms with E-state index in [0.717, 1.165) is 22.4 Å². The van der Waals surface area contributed by atoms with E-state index in [4.69, 9.17) is 11.6 Å². The molecule has 0 bridgehead atoms. The molecule has 0 saturated heterocycles. The minimum Gasteiger partial charge on any atom is -0.334 e. The maximum Gasteiger partial charge on any atom is 0.161 e. The number of aryl methyl sites for hydroxylation is 1. The van der Waals surface area contributed by atoms with Gasteiger partial charge in [0.05, 0.1) is 17.3 Å². The smallest absolute Gasteiger partial charge is 0.161 e. The van der Waals surface area contributed by atoms with Crippen molar-refractivity contribution in [3.63, 3.8) is 0 Å². The second kappa shape index (κ2) is 5.76. The lowest BCUT2D eigenvalue weighted by Gasteiger charge is -2.21. The van der Waals surface area contributed by atoms with Gasteiger partial charge in [0.25, 0.3) is 0 Å². The zero-order valence-corrected chi connectivity index (χ0v) is 13.5. The minimum absolute atomic E-state index is 0.351. The molecule has 2 rings (SSSR count). The van der Waals surface area contributed by atoms with E-state index >= 15 is 0 Å². The van der Waals surface area contributed by atoms with Gasteiger partial charge < -0.3 is 5.32 Å². The molecule has 0 spiro atoms. The standard InChI is InChI=1S/C15H21ClN2S/c1-10-5-6-13(12(16)7-10)18-14-17-9-11(19-14)8-15(2,3)4/h5-7,11H,8-9H2,1-4H3,(H,17,18). The maximum atomic E-state index is 6.22. The van der Waals surface area contributed by atoms with Gasteiger partial charge in [0, 0.05) is 5.25 Å². The normalized spacial score (nSPS) is 19.4. The molecule has 2 nitrogen and oxygen atoms in total. The van der Waals surface area contributed by atoms with E-state index in [1.807, 2.05) is 30.8 Å². The fourth-order valence-corrected chi connectivity index (χ4v) is 3.76. The van der Waals surface area contributed by atoms with E-state index in [1.165, 1.54) is 12.0 Å². The Morgan fingerprint density at radius 2 is 2.16 bits per heavy atom. The minimum atomic E-state index is 0.351. The number of hydrogen-bond donors (Lipinski definition) is 1. The molecular formula is C15H21ClN2S. The van der Waals surface area contributed by atoms with Crippen molar-refractivity contribution in [3.8, 4) is 0 Å². The number of halogens is 1. The number of aliphatic imine (C=N–C) groups is 1. The number of nitrogens with zero attached hydrogens (tertiary/aromatic N) is 1. The molecular weight excluding hydrogens is 276 g/mol. The van der Waals surface area contributed by atoms with Crippen molar-refractivity contribution in [2.45, 2.75) is 39.4 Å². The molecule has 1 heterocycles. The largest absolute Gasteiger partial charge is 0.334 e. The lowest BCUT2D eigenvalue weighted by molar-refractivity contribution is 0.375. The highest BCUT2D eigenvalue weighted by molar-refractivity contribution is 8.15. The van der Waals surface area contributed by atoms with Gasteiger partial charge in [0.15, 0.2) is 5.17 Å². The molecule has 1 aliphatic heterocycles. The van der Waals surface area contributed by atoms with Gasteiger partial charge in [-0.25, -0.2) is 0 Å². The Kier molecular flexibility index (Phi) is 4.46. The van der Waals surface area contributed by atoms with Crippen LogP contribution in [0.1, 0.15) is 32.8 Å². The van der Waals surface area contributed by atoms with Crippen LogP contribution in [0.2, 0.25) is 5.02 Å². The molecule has 1 aliphatic rings. The average molecular weight is 297 g/mol. The van der Waals surface area contributed by atoms with Crippen LogP contribution in [-0.4, -0.2) is 17.0 Å². The fraction of sp³-hybridized carbons (Fsp3) is 0.533. The molecule has 0 radical (unpaired) electrons. The number of nitrogens with one attached hydrogen (secondary N) is 1. The predicted molar refractivity (Wildman–Crippen MR) is 87.6 cm³/mol. The van der Waals surface area contributed by atoms with Crippen molar-refractivity contribution < 1.29 is 0 Å². The summed E-state index contributed by atoms with van der Waals surface area (Å²) in [5.41, 5.74) is 2.46. The summed E-state index contributed by atoms with van der Waals surface area (Å²) in [6, 6.07) is 6.04. The van der Waals surface area contributed by atoms with Gasteiger partial charge in [0.1, 0.15) is 0 Å². The lowest BCUT2D eigenvalue weighted by Crippen LogP contribution is -2.16. The van der Waals surface area contributed by atoms with Crippen LogP contribution in [0.3, 0.4) is 0 Å². The van der Waals surface area contributed by atoms with E-state index in [2.05, 4.69) is 37.1 Å². The van der Waals surface area contributed by atoms with E-state index in [9.17, 15) is 0 Å². The zero-order valence-electron chi connectivity index (χ0n) is 12.0. The van der Waals surface area contributed by atoms with Crippen LogP contribution in [0.5, 0.6) is 0 Å². The van der Waals surface area contributed by atoms with Crippen molar-refractivity contribution in [2.24, 2.45) is 10.4 Å². The van der Waals surface area contributed by atoms with Gasteiger partial charge >= 0.3 is 0 Å². The van der Waals surface area contributed by atoms with Crippen LogP contribution in [0, 0.1) is 12.3 Å². The first-order chi connectivity index (χ1) is 8.83. The van der Waals surface area contributed by atoms with Crippen LogP contribution in [0.4, 0.5) is 5.69 Å². The van der Waals surface area contributed by atoms with Gasteiger partial charge in [-0.1, -0.05) is 50.2 Å².